The van der Waals surface area contributed by atoms with Crippen molar-refractivity contribution < 1.29 is 13.6 Å². The number of unbranched alkanes of at least 4 members (excludes halogenated alkanes) is 2. The number of ketones is 1. The Balaban J connectivity index is 0. The van der Waals surface area contributed by atoms with Crippen molar-refractivity contribution in [3.8, 4) is 0 Å². The Morgan fingerprint density at radius 3 is 1.71 bits per heavy atom. The van der Waals surface area contributed by atoms with Gasteiger partial charge in [0.15, 0.2) is 5.78 Å². The summed E-state index contributed by atoms with van der Waals surface area (Å²) < 4.78 is 28.2. The van der Waals surface area contributed by atoms with E-state index in [1.54, 1.807) is 32.9 Å². The smallest absolute Gasteiger partial charge is 0.273 e. The number of carbonyl (C=O) groups is 1. The summed E-state index contributed by atoms with van der Waals surface area (Å²) in [7, 11) is 0. The summed E-state index contributed by atoms with van der Waals surface area (Å²) in [5, 5.41) is 0. The van der Waals surface area contributed by atoms with Crippen molar-refractivity contribution in [2.45, 2.75) is 107 Å². The zero-order valence-corrected chi connectivity index (χ0v) is 21.5. The molecule has 1 rings (SSSR count). The number of nitrogens with zero attached hydrogens (tertiary/aromatic N) is 1. The molecule has 0 aromatic heterocycles. The predicted octanol–water partition coefficient (Wildman–Crippen LogP) is 9.24. The highest BCUT2D eigenvalue weighted by Crippen LogP contribution is 2.35. The van der Waals surface area contributed by atoms with Gasteiger partial charge in [0.25, 0.3) is 5.92 Å². The van der Waals surface area contributed by atoms with Crippen LogP contribution in [0.25, 0.3) is 5.57 Å². The molecule has 0 saturated carbocycles. The maximum Gasteiger partial charge on any atom is 0.273 e. The van der Waals surface area contributed by atoms with E-state index in [-0.39, 0.29) is 23.7 Å². The van der Waals surface area contributed by atoms with Gasteiger partial charge in [-0.05, 0) is 37.8 Å². The maximum absolute atomic E-state index is 14.1. The van der Waals surface area contributed by atoms with E-state index in [1.165, 1.54) is 44.7 Å². The number of carbonyl (C=O) groups excluding carboxylic acids is 1. The van der Waals surface area contributed by atoms with Crippen molar-refractivity contribution in [3.05, 3.63) is 41.1 Å². The summed E-state index contributed by atoms with van der Waals surface area (Å²) >= 11 is 0. The Morgan fingerprint density at radius 2 is 1.39 bits per heavy atom. The third kappa shape index (κ3) is 14.0. The average molecular weight is 438 g/mol. The van der Waals surface area contributed by atoms with Gasteiger partial charge in [-0.25, -0.2) is 8.78 Å². The number of hydrogen-bond acceptors (Lipinski definition) is 2. The van der Waals surface area contributed by atoms with Crippen LogP contribution in [0.2, 0.25) is 0 Å². The van der Waals surface area contributed by atoms with Crippen molar-refractivity contribution in [3.63, 3.8) is 0 Å². The highest BCUT2D eigenvalue weighted by molar-refractivity contribution is 6.38. The van der Waals surface area contributed by atoms with Crippen LogP contribution >= 0.6 is 0 Å². The van der Waals surface area contributed by atoms with Crippen LogP contribution in [-0.4, -0.2) is 11.5 Å². The van der Waals surface area contributed by atoms with Crippen molar-refractivity contribution in [2.24, 2.45) is 10.9 Å². The van der Waals surface area contributed by atoms with Gasteiger partial charge in [0, 0.05) is 24.6 Å². The zero-order chi connectivity index (χ0) is 24.6. The lowest BCUT2D eigenvalue weighted by atomic mass is 9.96. The Bertz CT molecular complexity index is 684. The second kappa shape index (κ2) is 16.8. The first-order valence-corrected chi connectivity index (χ1v) is 11.6. The molecule has 0 saturated heterocycles. The van der Waals surface area contributed by atoms with E-state index in [4.69, 9.17) is 0 Å². The number of hydrogen-bond donors (Lipinski definition) is 0. The number of alkyl halides is 2. The minimum absolute atomic E-state index is 0.0313. The molecule has 178 valence electrons. The van der Waals surface area contributed by atoms with Crippen LogP contribution in [-0.2, 0) is 10.7 Å². The second-order valence-corrected chi connectivity index (χ2v) is 8.40. The number of allylic oxidation sites excluding steroid dienone is 2. The average Bonchev–Trinajstić information content (AvgIpc) is 2.68. The lowest BCUT2D eigenvalue weighted by Gasteiger charge is -2.19. The van der Waals surface area contributed by atoms with Gasteiger partial charge in [0.05, 0.1) is 5.71 Å². The van der Waals surface area contributed by atoms with Gasteiger partial charge < -0.3 is 0 Å². The lowest BCUT2D eigenvalue weighted by molar-refractivity contribution is -0.111. The lowest BCUT2D eigenvalue weighted by Crippen LogP contribution is -2.16. The van der Waals surface area contributed by atoms with Gasteiger partial charge in [-0.3, -0.25) is 9.79 Å². The highest BCUT2D eigenvalue weighted by Gasteiger charge is 2.32. The van der Waals surface area contributed by atoms with E-state index in [1.807, 2.05) is 13.8 Å². The number of halogens is 2. The van der Waals surface area contributed by atoms with Gasteiger partial charge in [0.2, 0.25) is 0 Å². The Morgan fingerprint density at radius 1 is 0.935 bits per heavy atom. The summed E-state index contributed by atoms with van der Waals surface area (Å²) in [4.78, 5) is 15.5. The SMILES string of the molecule is CC(=O)C(C)=N/C(C)=C(\C)c1ccc(C(F)(F)CC(C)C)cc1.CCC.CCCCC. The third-order valence-corrected chi connectivity index (χ3v) is 4.50. The fourth-order valence-corrected chi connectivity index (χ4v) is 2.57. The molecule has 0 radical (unpaired) electrons. The van der Waals surface area contributed by atoms with Gasteiger partial charge in [0.1, 0.15) is 0 Å². The van der Waals surface area contributed by atoms with Gasteiger partial charge in [-0.15, -0.1) is 0 Å². The van der Waals surface area contributed by atoms with Crippen LogP contribution in [0.1, 0.15) is 112 Å². The molecule has 1 aromatic rings. The fraction of sp³-hybridized carbons (Fsp3) is 0.630. The zero-order valence-electron chi connectivity index (χ0n) is 21.5. The number of rotatable bonds is 8. The molecule has 0 amide bonds. The molecule has 0 fully saturated rings. The summed E-state index contributed by atoms with van der Waals surface area (Å²) in [6.45, 7) is 19.0. The van der Waals surface area contributed by atoms with Crippen molar-refractivity contribution in [2.75, 3.05) is 0 Å². The molecule has 0 unspecified atom stereocenters. The molecule has 4 heteroatoms. The summed E-state index contributed by atoms with van der Waals surface area (Å²) in [5.41, 5.74) is 2.86. The first-order valence-electron chi connectivity index (χ1n) is 11.6. The molecule has 0 atom stereocenters. The number of Topliss-reactive ketones (excluding diaryl/α,β-unsaturated/α-hetero) is 1. The van der Waals surface area contributed by atoms with Crippen LogP contribution in [0.15, 0.2) is 35.0 Å². The molecular weight excluding hydrogens is 392 g/mol. The first kappa shape index (κ1) is 31.3. The van der Waals surface area contributed by atoms with E-state index in [0.717, 1.165) is 11.1 Å². The molecular formula is C27H45F2NO. The third-order valence-electron chi connectivity index (χ3n) is 4.50. The topological polar surface area (TPSA) is 29.4 Å². The van der Waals surface area contributed by atoms with Crippen LogP contribution in [0.4, 0.5) is 8.78 Å². The normalized spacial score (nSPS) is 12.4. The second-order valence-electron chi connectivity index (χ2n) is 8.40. The van der Waals surface area contributed by atoms with E-state index in [0.29, 0.717) is 11.4 Å². The van der Waals surface area contributed by atoms with E-state index in [2.05, 4.69) is 32.7 Å². The number of aliphatic imine (C=N–C) groups is 1. The molecule has 0 aliphatic heterocycles. The summed E-state index contributed by atoms with van der Waals surface area (Å²) in [6.07, 6.45) is 5.16. The van der Waals surface area contributed by atoms with Crippen LogP contribution in [0.5, 0.6) is 0 Å². The van der Waals surface area contributed by atoms with Gasteiger partial charge in [-0.1, -0.05) is 91.5 Å². The highest BCUT2D eigenvalue weighted by atomic mass is 19.3. The number of benzene rings is 1. The van der Waals surface area contributed by atoms with Crippen molar-refractivity contribution in [1.29, 1.82) is 0 Å². The molecule has 31 heavy (non-hydrogen) atoms. The Hall–Kier alpha value is -1.84. The van der Waals surface area contributed by atoms with Crippen LogP contribution in [0.3, 0.4) is 0 Å². The molecule has 0 aliphatic carbocycles. The quantitative estimate of drug-likeness (QED) is 0.373. The standard InChI is InChI=1S/C19H25F2NO.C5H12.C3H8/c1-12(2)11-19(20,21)18-9-7-17(8-10-18)13(3)14(4)22-15(5)16(6)23;1-3-5-4-2;1-3-2/h7-10,12H,11H2,1-6H3;3-5H2,1-2H3;3H2,1-2H3/b14-13+,22-15?;;. The van der Waals surface area contributed by atoms with Crippen molar-refractivity contribution >= 4 is 17.1 Å². The minimum atomic E-state index is -2.82. The van der Waals surface area contributed by atoms with Gasteiger partial charge in [-0.2, -0.15) is 0 Å². The minimum Gasteiger partial charge on any atom is -0.293 e. The molecule has 0 bridgehead atoms. The first-order chi connectivity index (χ1) is 14.4. The Labute approximate surface area is 190 Å². The molecule has 1 aromatic carbocycles. The molecule has 0 spiro atoms. The molecule has 0 aliphatic rings. The van der Waals surface area contributed by atoms with E-state index >= 15 is 0 Å². The van der Waals surface area contributed by atoms with Crippen LogP contribution < -0.4 is 0 Å². The summed E-state index contributed by atoms with van der Waals surface area (Å²) in [5.74, 6) is -2.97. The summed E-state index contributed by atoms with van der Waals surface area (Å²) in [6, 6.07) is 6.30. The molecule has 2 nitrogen and oxygen atoms in total. The predicted molar refractivity (Wildman–Crippen MR) is 133 cm³/mol. The Kier molecular flexibility index (Phi) is 17.0. The van der Waals surface area contributed by atoms with Crippen molar-refractivity contribution in [1.82, 2.24) is 0 Å². The maximum atomic E-state index is 14.1. The van der Waals surface area contributed by atoms with E-state index < -0.39 is 5.92 Å². The monoisotopic (exact) mass is 437 g/mol. The van der Waals surface area contributed by atoms with Crippen LogP contribution in [0, 0.1) is 5.92 Å². The molecule has 0 heterocycles. The largest absolute Gasteiger partial charge is 0.293 e. The molecule has 0 N–H and O–H groups in total. The van der Waals surface area contributed by atoms with Gasteiger partial charge >= 0.3 is 0 Å². The van der Waals surface area contributed by atoms with E-state index in [9.17, 15) is 13.6 Å². The fourth-order valence-electron chi connectivity index (χ4n) is 2.57.